The van der Waals surface area contributed by atoms with E-state index in [0.29, 0.717) is 22.4 Å². The summed E-state index contributed by atoms with van der Waals surface area (Å²) in [6.45, 7) is 1.84. The predicted octanol–water partition coefficient (Wildman–Crippen LogP) is 6.47. The number of thiophene rings is 2. The molecule has 0 saturated heterocycles. The van der Waals surface area contributed by atoms with Crippen molar-refractivity contribution in [2.75, 3.05) is 0 Å². The van der Waals surface area contributed by atoms with Gasteiger partial charge in [-0.2, -0.15) is 5.26 Å². The van der Waals surface area contributed by atoms with Gasteiger partial charge in [-0.25, -0.2) is 0 Å². The van der Waals surface area contributed by atoms with Crippen LogP contribution in [0, 0.1) is 11.3 Å². The second-order valence-electron chi connectivity index (χ2n) is 7.17. The van der Waals surface area contributed by atoms with E-state index in [4.69, 9.17) is 11.0 Å². The van der Waals surface area contributed by atoms with Crippen LogP contribution in [-0.4, -0.2) is 5.78 Å². The van der Waals surface area contributed by atoms with E-state index in [1.807, 2.05) is 61.5 Å². The molecule has 0 aliphatic heterocycles. The Morgan fingerprint density at radius 2 is 1.70 bits per heavy atom. The Bertz CT molecular complexity index is 1390. The number of hydrogen-bond donors (Lipinski definition) is 1. The molecule has 3 nitrogen and oxygen atoms in total. The molecule has 5 rings (SSSR count). The number of nitrogens with zero attached hydrogens (tertiary/aromatic N) is 1. The minimum Gasteiger partial charge on any atom is -0.402 e. The van der Waals surface area contributed by atoms with Crippen LogP contribution in [0.3, 0.4) is 0 Å². The van der Waals surface area contributed by atoms with Crippen LogP contribution in [0.15, 0.2) is 71.9 Å². The second-order valence-corrected chi connectivity index (χ2v) is 9.37. The molecule has 0 bridgehead atoms. The number of benzene rings is 2. The lowest BCUT2D eigenvalue weighted by Gasteiger charge is -2.04. The van der Waals surface area contributed by atoms with Gasteiger partial charge in [-0.3, -0.25) is 4.79 Å². The van der Waals surface area contributed by atoms with Crippen LogP contribution in [0.2, 0.25) is 0 Å². The summed E-state index contributed by atoms with van der Waals surface area (Å²) in [6.07, 6.45) is 1.97. The first kappa shape index (κ1) is 18.6. The highest BCUT2D eigenvalue weighted by molar-refractivity contribution is 7.29. The van der Waals surface area contributed by atoms with E-state index in [1.54, 1.807) is 22.7 Å². The van der Waals surface area contributed by atoms with Gasteiger partial charge in [-0.1, -0.05) is 36.4 Å². The third-order valence-corrected chi connectivity index (χ3v) is 7.45. The minimum atomic E-state index is 0.0282. The van der Waals surface area contributed by atoms with Gasteiger partial charge in [0, 0.05) is 41.6 Å². The molecule has 144 valence electrons. The number of rotatable bonds is 2. The predicted molar refractivity (Wildman–Crippen MR) is 125 cm³/mol. The summed E-state index contributed by atoms with van der Waals surface area (Å²) in [5, 5.41) is 8.97. The molecule has 0 radical (unpaired) electrons. The number of carbonyl (C=O) groups excluding carboxylic acids is 1. The third kappa shape index (κ3) is 2.98. The zero-order chi connectivity index (χ0) is 20.8. The summed E-state index contributed by atoms with van der Waals surface area (Å²) >= 11 is 3.38. The van der Waals surface area contributed by atoms with E-state index in [0.717, 1.165) is 21.6 Å². The Hall–Kier alpha value is -3.46. The van der Waals surface area contributed by atoms with Crippen LogP contribution in [0.1, 0.15) is 33.3 Å². The molecule has 0 amide bonds. The van der Waals surface area contributed by atoms with Crippen molar-refractivity contribution >= 4 is 49.5 Å². The van der Waals surface area contributed by atoms with E-state index >= 15 is 0 Å². The molecule has 4 aromatic rings. The summed E-state index contributed by atoms with van der Waals surface area (Å²) in [5.41, 5.74) is 11.7. The summed E-state index contributed by atoms with van der Waals surface area (Å²) in [6, 6.07) is 21.7. The van der Waals surface area contributed by atoms with Crippen LogP contribution in [0.25, 0.3) is 31.5 Å². The van der Waals surface area contributed by atoms with Crippen molar-refractivity contribution in [2.24, 2.45) is 5.73 Å². The van der Waals surface area contributed by atoms with Gasteiger partial charge >= 0.3 is 0 Å². The number of nitrogens with two attached hydrogens (primary N) is 1. The number of Topliss-reactive ketones (excluding diaryl/α,β-unsaturated/α-hetero) is 1. The molecule has 0 unspecified atom stereocenters. The highest BCUT2D eigenvalue weighted by atomic mass is 32.1. The number of carbonyl (C=O) groups is 1. The molecular weight excluding hydrogens is 408 g/mol. The van der Waals surface area contributed by atoms with Gasteiger partial charge in [0.1, 0.15) is 0 Å². The van der Waals surface area contributed by atoms with Crippen molar-refractivity contribution in [1.82, 2.24) is 0 Å². The molecule has 0 fully saturated rings. The number of allylic oxidation sites excluding steroid dienone is 3. The van der Waals surface area contributed by atoms with Gasteiger partial charge in [0.25, 0.3) is 0 Å². The first-order chi connectivity index (χ1) is 14.5. The summed E-state index contributed by atoms with van der Waals surface area (Å²) in [4.78, 5) is 15.2. The Morgan fingerprint density at radius 1 is 1.00 bits per heavy atom. The molecule has 5 heteroatoms. The smallest absolute Gasteiger partial charge is 0.194 e. The second kappa shape index (κ2) is 7.10. The molecule has 2 N–H and O–H groups in total. The van der Waals surface area contributed by atoms with E-state index in [2.05, 4.69) is 18.2 Å². The summed E-state index contributed by atoms with van der Waals surface area (Å²) in [5.74, 6) is 0.0282. The number of nitriles is 1. The maximum atomic E-state index is 13.0. The van der Waals surface area contributed by atoms with Gasteiger partial charge < -0.3 is 5.73 Å². The molecule has 2 aromatic carbocycles. The maximum absolute atomic E-state index is 13.0. The zero-order valence-electron chi connectivity index (χ0n) is 16.1. The highest BCUT2D eigenvalue weighted by Crippen LogP contribution is 2.42. The molecule has 0 atom stereocenters. The van der Waals surface area contributed by atoms with Gasteiger partial charge in [-0.05, 0) is 48.4 Å². The Labute approximate surface area is 182 Å². The molecule has 0 saturated carbocycles. The standard InChI is InChI=1S/C25H16N2OS2/c1-14(27)24-18-4-2-3-5-19(18)25(28)20(24)10-17-11-22-23(29-17)12-21(30-22)16-8-6-15(13-26)7-9-16/h2-12H,27H2,1H3/b20-10-,24-14?. The Kier molecular flexibility index (Phi) is 4.39. The van der Waals surface area contributed by atoms with Gasteiger partial charge in [0.2, 0.25) is 0 Å². The lowest BCUT2D eigenvalue weighted by atomic mass is 10.0. The minimum absolute atomic E-state index is 0.0282. The lowest BCUT2D eigenvalue weighted by molar-refractivity contribution is 0.104. The van der Waals surface area contributed by atoms with Gasteiger partial charge in [0.05, 0.1) is 11.6 Å². The Morgan fingerprint density at radius 3 is 2.37 bits per heavy atom. The zero-order valence-corrected chi connectivity index (χ0v) is 17.7. The molecular formula is C25H16N2OS2. The quantitative estimate of drug-likeness (QED) is 0.375. The summed E-state index contributed by atoms with van der Waals surface area (Å²) in [7, 11) is 0. The van der Waals surface area contributed by atoms with E-state index < -0.39 is 0 Å². The number of hydrogen-bond acceptors (Lipinski definition) is 5. The molecule has 0 spiro atoms. The lowest BCUT2D eigenvalue weighted by Crippen LogP contribution is -1.99. The van der Waals surface area contributed by atoms with Crippen molar-refractivity contribution in [2.45, 2.75) is 6.92 Å². The van der Waals surface area contributed by atoms with Crippen molar-refractivity contribution < 1.29 is 4.79 Å². The normalized spacial score (nSPS) is 16.1. The first-order valence-electron chi connectivity index (χ1n) is 9.41. The van der Waals surface area contributed by atoms with E-state index in [9.17, 15) is 4.79 Å². The molecule has 2 heterocycles. The van der Waals surface area contributed by atoms with Gasteiger partial charge in [0.15, 0.2) is 5.78 Å². The molecule has 1 aliphatic carbocycles. The van der Waals surface area contributed by atoms with Crippen molar-refractivity contribution in [3.8, 4) is 16.5 Å². The maximum Gasteiger partial charge on any atom is 0.194 e. The summed E-state index contributed by atoms with van der Waals surface area (Å²) < 4.78 is 2.37. The number of ketones is 1. The first-order valence-corrected chi connectivity index (χ1v) is 11.0. The average molecular weight is 425 g/mol. The van der Waals surface area contributed by atoms with E-state index in [-0.39, 0.29) is 5.78 Å². The Balaban J connectivity index is 1.54. The van der Waals surface area contributed by atoms with Crippen molar-refractivity contribution in [3.63, 3.8) is 0 Å². The fourth-order valence-corrected chi connectivity index (χ4v) is 6.14. The molecule has 2 aromatic heterocycles. The highest BCUT2D eigenvalue weighted by Gasteiger charge is 2.30. The van der Waals surface area contributed by atoms with Crippen molar-refractivity contribution in [1.29, 1.82) is 5.26 Å². The molecule has 30 heavy (non-hydrogen) atoms. The van der Waals surface area contributed by atoms with Crippen LogP contribution < -0.4 is 5.73 Å². The van der Waals surface area contributed by atoms with Crippen LogP contribution in [0.4, 0.5) is 0 Å². The average Bonchev–Trinajstić information content (AvgIpc) is 3.39. The van der Waals surface area contributed by atoms with Crippen LogP contribution >= 0.6 is 22.7 Å². The SMILES string of the molecule is CC(N)=C1/C(=C/c2cc3sc(-c4ccc(C#N)cc4)cc3s2)C(=O)c2ccccc21. The van der Waals surface area contributed by atoms with Crippen LogP contribution in [-0.2, 0) is 0 Å². The molecule has 1 aliphatic rings. The largest absolute Gasteiger partial charge is 0.402 e. The number of fused-ring (bicyclic) bond motifs is 2. The van der Waals surface area contributed by atoms with Crippen molar-refractivity contribution in [3.05, 3.63) is 93.5 Å². The monoisotopic (exact) mass is 424 g/mol. The van der Waals surface area contributed by atoms with Gasteiger partial charge in [-0.15, -0.1) is 22.7 Å². The van der Waals surface area contributed by atoms with E-state index in [1.165, 1.54) is 14.3 Å². The van der Waals surface area contributed by atoms with Crippen LogP contribution in [0.5, 0.6) is 0 Å². The fraction of sp³-hybridized carbons (Fsp3) is 0.0400. The fourth-order valence-electron chi connectivity index (χ4n) is 3.78. The topological polar surface area (TPSA) is 66.9 Å². The third-order valence-electron chi connectivity index (χ3n) is 5.16.